The highest BCUT2D eigenvalue weighted by Crippen LogP contribution is 2.17. The van der Waals surface area contributed by atoms with Crippen molar-refractivity contribution in [2.24, 2.45) is 10.7 Å². The predicted molar refractivity (Wildman–Crippen MR) is 78.9 cm³/mol. The summed E-state index contributed by atoms with van der Waals surface area (Å²) in [6.07, 6.45) is 2.85. The van der Waals surface area contributed by atoms with Gasteiger partial charge in [0.05, 0.1) is 10.6 Å². The lowest BCUT2D eigenvalue weighted by Crippen LogP contribution is -2.14. The van der Waals surface area contributed by atoms with E-state index in [2.05, 4.69) is 9.98 Å². The Kier molecular flexibility index (Phi) is 3.85. The van der Waals surface area contributed by atoms with Crippen LogP contribution in [0.5, 0.6) is 0 Å². The second-order valence-corrected chi connectivity index (χ2v) is 6.42. The topological polar surface area (TPSA) is 85.4 Å². The van der Waals surface area contributed by atoms with Gasteiger partial charge in [-0.15, -0.1) is 0 Å². The molecule has 0 spiro atoms. The molecule has 5 nitrogen and oxygen atoms in total. The van der Waals surface area contributed by atoms with Crippen LogP contribution in [0.25, 0.3) is 0 Å². The fraction of sp³-hybridized carbons (Fsp3) is 0.143. The maximum Gasteiger partial charge on any atom is 0.175 e. The molecule has 2 N–H and O–H groups in total. The standard InChI is InChI=1S/C14H15N3O2S/c1-10-13(4-3-9-16-10)14(15)17-11-5-7-12(8-6-11)20(2,18)19/h3-9H,1-2H3,(H2,15,17). The van der Waals surface area contributed by atoms with E-state index >= 15 is 0 Å². The molecule has 0 aliphatic carbocycles. The number of benzene rings is 1. The van der Waals surface area contributed by atoms with E-state index in [0.717, 1.165) is 11.3 Å². The molecule has 0 saturated heterocycles. The normalized spacial score (nSPS) is 12.4. The first kappa shape index (κ1) is 14.2. The fourth-order valence-corrected chi connectivity index (χ4v) is 2.35. The van der Waals surface area contributed by atoms with Crippen molar-refractivity contribution in [1.29, 1.82) is 0 Å². The maximum atomic E-state index is 11.4. The molecule has 0 aliphatic rings. The van der Waals surface area contributed by atoms with Crippen molar-refractivity contribution in [2.75, 3.05) is 6.26 Å². The van der Waals surface area contributed by atoms with Crippen LogP contribution >= 0.6 is 0 Å². The Morgan fingerprint density at radius 2 is 1.85 bits per heavy atom. The van der Waals surface area contributed by atoms with Crippen molar-refractivity contribution >= 4 is 21.4 Å². The van der Waals surface area contributed by atoms with Gasteiger partial charge < -0.3 is 5.73 Å². The highest BCUT2D eigenvalue weighted by molar-refractivity contribution is 7.90. The van der Waals surface area contributed by atoms with Crippen molar-refractivity contribution in [3.05, 3.63) is 53.9 Å². The molecule has 1 heterocycles. The van der Waals surface area contributed by atoms with Gasteiger partial charge >= 0.3 is 0 Å². The van der Waals surface area contributed by atoms with Gasteiger partial charge in [-0.1, -0.05) is 0 Å². The fourth-order valence-electron chi connectivity index (χ4n) is 1.72. The van der Waals surface area contributed by atoms with Gasteiger partial charge in [0.2, 0.25) is 0 Å². The summed E-state index contributed by atoms with van der Waals surface area (Å²) in [5.74, 6) is 0.350. The van der Waals surface area contributed by atoms with E-state index in [-0.39, 0.29) is 4.90 Å². The molecule has 1 aromatic heterocycles. The quantitative estimate of drug-likeness (QED) is 0.690. The molecular formula is C14H15N3O2S. The van der Waals surface area contributed by atoms with E-state index in [9.17, 15) is 8.42 Å². The zero-order chi connectivity index (χ0) is 14.8. The molecule has 1 aromatic carbocycles. The lowest BCUT2D eigenvalue weighted by atomic mass is 10.2. The number of aryl methyl sites for hydroxylation is 1. The Hall–Kier alpha value is -2.21. The van der Waals surface area contributed by atoms with Crippen LogP contribution in [0.1, 0.15) is 11.3 Å². The van der Waals surface area contributed by atoms with E-state index in [1.54, 1.807) is 24.4 Å². The first-order chi connectivity index (χ1) is 9.38. The second kappa shape index (κ2) is 5.42. The largest absolute Gasteiger partial charge is 0.383 e. The molecule has 2 aromatic rings. The number of aromatic nitrogens is 1. The molecule has 0 bridgehead atoms. The minimum absolute atomic E-state index is 0.257. The molecule has 104 valence electrons. The van der Waals surface area contributed by atoms with Crippen molar-refractivity contribution in [3.63, 3.8) is 0 Å². The van der Waals surface area contributed by atoms with Crippen LogP contribution in [0.15, 0.2) is 52.5 Å². The van der Waals surface area contributed by atoms with Crippen LogP contribution in [0.3, 0.4) is 0 Å². The van der Waals surface area contributed by atoms with Gasteiger partial charge in [-0.25, -0.2) is 13.4 Å². The van der Waals surface area contributed by atoms with Gasteiger partial charge in [0.15, 0.2) is 9.84 Å². The summed E-state index contributed by atoms with van der Waals surface area (Å²) in [7, 11) is -3.20. The summed E-state index contributed by atoms with van der Waals surface area (Å²) < 4.78 is 22.7. The summed E-state index contributed by atoms with van der Waals surface area (Å²) in [4.78, 5) is 8.68. The Labute approximate surface area is 118 Å². The number of pyridine rings is 1. The predicted octanol–water partition coefficient (Wildman–Crippen LogP) is 1.83. The summed E-state index contributed by atoms with van der Waals surface area (Å²) in [5, 5.41) is 0. The number of sulfone groups is 1. The number of hydrogen-bond donors (Lipinski definition) is 1. The van der Waals surface area contributed by atoms with Gasteiger partial charge in [-0.05, 0) is 43.3 Å². The third-order valence-corrected chi connectivity index (χ3v) is 3.93. The number of aliphatic imine (C=N–C) groups is 1. The molecule has 20 heavy (non-hydrogen) atoms. The molecule has 0 saturated carbocycles. The number of nitrogens with zero attached hydrogens (tertiary/aromatic N) is 2. The average molecular weight is 289 g/mol. The van der Waals surface area contributed by atoms with Crippen LogP contribution in [-0.4, -0.2) is 25.5 Å². The molecule has 0 amide bonds. The van der Waals surface area contributed by atoms with Crippen molar-refractivity contribution in [2.45, 2.75) is 11.8 Å². The number of nitrogens with two attached hydrogens (primary N) is 1. The second-order valence-electron chi connectivity index (χ2n) is 4.40. The van der Waals surface area contributed by atoms with Crippen molar-refractivity contribution < 1.29 is 8.42 Å². The smallest absolute Gasteiger partial charge is 0.175 e. The summed E-state index contributed by atoms with van der Waals surface area (Å²) in [6.45, 7) is 1.85. The van der Waals surface area contributed by atoms with Gasteiger partial charge in [0.25, 0.3) is 0 Å². The van der Waals surface area contributed by atoms with E-state index in [1.165, 1.54) is 18.4 Å². The van der Waals surface area contributed by atoms with Gasteiger partial charge in [0, 0.05) is 23.7 Å². The maximum absolute atomic E-state index is 11.4. The van der Waals surface area contributed by atoms with Crippen LogP contribution in [-0.2, 0) is 9.84 Å². The van der Waals surface area contributed by atoms with Crippen molar-refractivity contribution in [3.8, 4) is 0 Å². The third-order valence-electron chi connectivity index (χ3n) is 2.80. The lowest BCUT2D eigenvalue weighted by Gasteiger charge is -2.04. The number of hydrogen-bond acceptors (Lipinski definition) is 4. The SMILES string of the molecule is Cc1ncccc1C(N)=Nc1ccc(S(C)(=O)=O)cc1. The monoisotopic (exact) mass is 289 g/mol. The Morgan fingerprint density at radius 1 is 1.20 bits per heavy atom. The minimum Gasteiger partial charge on any atom is -0.383 e. The first-order valence-corrected chi connectivity index (χ1v) is 7.83. The Bertz CT molecular complexity index is 750. The van der Waals surface area contributed by atoms with Crippen LogP contribution in [0, 0.1) is 6.92 Å². The summed E-state index contributed by atoms with van der Waals surface area (Å²) >= 11 is 0. The Morgan fingerprint density at radius 3 is 2.40 bits per heavy atom. The zero-order valence-electron chi connectivity index (χ0n) is 11.2. The molecule has 0 atom stereocenters. The highest BCUT2D eigenvalue weighted by Gasteiger charge is 2.07. The summed E-state index contributed by atoms with van der Waals surface area (Å²) in [6, 6.07) is 9.89. The van der Waals surface area contributed by atoms with E-state index < -0.39 is 9.84 Å². The Balaban J connectivity index is 2.34. The van der Waals surface area contributed by atoms with Crippen molar-refractivity contribution in [1.82, 2.24) is 4.98 Å². The summed E-state index contributed by atoms with van der Waals surface area (Å²) in [5.41, 5.74) is 8.10. The molecular weight excluding hydrogens is 274 g/mol. The molecule has 0 radical (unpaired) electrons. The molecule has 0 fully saturated rings. The zero-order valence-corrected chi connectivity index (χ0v) is 12.1. The van der Waals surface area contributed by atoms with Gasteiger partial charge in [0.1, 0.15) is 5.84 Å². The highest BCUT2D eigenvalue weighted by atomic mass is 32.2. The van der Waals surface area contributed by atoms with Crippen LogP contribution in [0.2, 0.25) is 0 Å². The molecule has 2 rings (SSSR count). The van der Waals surface area contributed by atoms with Gasteiger partial charge in [-0.3, -0.25) is 4.98 Å². The van der Waals surface area contributed by atoms with E-state index in [4.69, 9.17) is 5.73 Å². The first-order valence-electron chi connectivity index (χ1n) is 5.94. The van der Waals surface area contributed by atoms with Crippen LogP contribution in [0.4, 0.5) is 5.69 Å². The average Bonchev–Trinajstić information content (AvgIpc) is 2.38. The third kappa shape index (κ3) is 3.21. The minimum atomic E-state index is -3.20. The molecule has 6 heteroatoms. The molecule has 0 unspecified atom stereocenters. The lowest BCUT2D eigenvalue weighted by molar-refractivity contribution is 0.602. The molecule has 0 aliphatic heterocycles. The van der Waals surface area contributed by atoms with Crippen LogP contribution < -0.4 is 5.73 Å². The number of amidine groups is 1. The van der Waals surface area contributed by atoms with E-state index in [1.807, 2.05) is 13.0 Å². The number of rotatable bonds is 3. The van der Waals surface area contributed by atoms with Gasteiger partial charge in [-0.2, -0.15) is 0 Å². The van der Waals surface area contributed by atoms with E-state index in [0.29, 0.717) is 11.5 Å².